The van der Waals surface area contributed by atoms with Crippen LogP contribution in [0.4, 0.5) is 11.6 Å². The molecule has 1 aliphatic heterocycles. The van der Waals surface area contributed by atoms with Crippen molar-refractivity contribution in [3.05, 3.63) is 36.3 Å². The second kappa shape index (κ2) is 7.95. The molecule has 1 saturated heterocycles. The third-order valence-corrected chi connectivity index (χ3v) is 3.96. The number of hydrogen-bond acceptors (Lipinski definition) is 6. The molecule has 24 heavy (non-hydrogen) atoms. The van der Waals surface area contributed by atoms with E-state index in [4.69, 9.17) is 4.74 Å². The first-order valence-corrected chi connectivity index (χ1v) is 8.63. The van der Waals surface area contributed by atoms with E-state index in [-0.39, 0.29) is 6.10 Å². The van der Waals surface area contributed by atoms with Gasteiger partial charge in [0.2, 0.25) is 5.88 Å². The lowest BCUT2D eigenvalue weighted by Gasteiger charge is -2.27. The number of hydrogen-bond donors (Lipinski definition) is 1. The molecule has 0 amide bonds. The van der Waals surface area contributed by atoms with Crippen molar-refractivity contribution in [3.8, 4) is 5.88 Å². The largest absolute Gasteiger partial charge is 0.475 e. The molecule has 0 spiro atoms. The van der Waals surface area contributed by atoms with Crippen molar-refractivity contribution in [2.24, 2.45) is 0 Å². The number of rotatable bonds is 6. The van der Waals surface area contributed by atoms with Crippen LogP contribution in [0.2, 0.25) is 0 Å². The molecular formula is C18H25N5O. The van der Waals surface area contributed by atoms with Crippen LogP contribution in [-0.2, 0) is 6.54 Å². The highest BCUT2D eigenvalue weighted by molar-refractivity contribution is 5.48. The van der Waals surface area contributed by atoms with Gasteiger partial charge in [0.1, 0.15) is 18.0 Å². The van der Waals surface area contributed by atoms with Gasteiger partial charge in [0.15, 0.2) is 0 Å². The van der Waals surface area contributed by atoms with Crippen molar-refractivity contribution in [2.45, 2.75) is 45.8 Å². The van der Waals surface area contributed by atoms with E-state index >= 15 is 0 Å². The van der Waals surface area contributed by atoms with Crippen LogP contribution >= 0.6 is 0 Å². The Balaban J connectivity index is 1.58. The zero-order valence-corrected chi connectivity index (χ0v) is 14.4. The SMILES string of the molecule is CC(C)Oc1ccc(CNc2cc(N3CCCCC3)ncn2)cn1. The Morgan fingerprint density at radius 1 is 1.12 bits per heavy atom. The molecule has 1 N–H and O–H groups in total. The minimum absolute atomic E-state index is 0.135. The van der Waals surface area contributed by atoms with Crippen molar-refractivity contribution in [1.82, 2.24) is 15.0 Å². The zero-order chi connectivity index (χ0) is 16.8. The van der Waals surface area contributed by atoms with Gasteiger partial charge in [-0.05, 0) is 38.7 Å². The molecule has 2 aromatic rings. The van der Waals surface area contributed by atoms with Gasteiger partial charge < -0.3 is 15.0 Å². The summed E-state index contributed by atoms with van der Waals surface area (Å²) in [6, 6.07) is 5.94. The number of ether oxygens (including phenoxy) is 1. The Hall–Kier alpha value is -2.37. The lowest BCUT2D eigenvalue weighted by molar-refractivity contribution is 0.232. The maximum atomic E-state index is 5.56. The summed E-state index contributed by atoms with van der Waals surface area (Å²) in [5, 5.41) is 3.34. The van der Waals surface area contributed by atoms with E-state index < -0.39 is 0 Å². The molecule has 6 heteroatoms. The fraction of sp³-hybridized carbons (Fsp3) is 0.500. The monoisotopic (exact) mass is 327 g/mol. The van der Waals surface area contributed by atoms with Crippen LogP contribution < -0.4 is 15.0 Å². The van der Waals surface area contributed by atoms with Gasteiger partial charge in [-0.15, -0.1) is 0 Å². The standard InChI is InChI=1S/C18H25N5O/c1-14(2)24-18-7-6-15(12-20-18)11-19-16-10-17(22-13-21-16)23-8-4-3-5-9-23/h6-7,10,12-14H,3-5,8-9,11H2,1-2H3,(H,19,21,22). The Morgan fingerprint density at radius 3 is 2.67 bits per heavy atom. The summed E-state index contributed by atoms with van der Waals surface area (Å²) in [4.78, 5) is 15.4. The molecule has 0 aromatic carbocycles. The third kappa shape index (κ3) is 4.57. The summed E-state index contributed by atoms with van der Waals surface area (Å²) >= 11 is 0. The molecule has 0 unspecified atom stereocenters. The normalized spacial score (nSPS) is 14.7. The molecule has 0 atom stereocenters. The fourth-order valence-electron chi connectivity index (χ4n) is 2.76. The first kappa shape index (κ1) is 16.5. The van der Waals surface area contributed by atoms with E-state index in [1.807, 2.05) is 38.2 Å². The van der Waals surface area contributed by atoms with Crippen LogP contribution in [0.1, 0.15) is 38.7 Å². The average Bonchev–Trinajstić information content (AvgIpc) is 2.62. The van der Waals surface area contributed by atoms with Crippen LogP contribution in [0.15, 0.2) is 30.7 Å². The van der Waals surface area contributed by atoms with Crippen molar-refractivity contribution >= 4 is 11.6 Å². The van der Waals surface area contributed by atoms with E-state index in [9.17, 15) is 0 Å². The molecule has 128 valence electrons. The molecule has 0 radical (unpaired) electrons. The van der Waals surface area contributed by atoms with Gasteiger partial charge >= 0.3 is 0 Å². The molecule has 1 fully saturated rings. The topological polar surface area (TPSA) is 63.2 Å². The smallest absolute Gasteiger partial charge is 0.213 e. The van der Waals surface area contributed by atoms with Gasteiger partial charge in [0.05, 0.1) is 6.10 Å². The second-order valence-electron chi connectivity index (χ2n) is 6.33. The van der Waals surface area contributed by atoms with Crippen LogP contribution in [-0.4, -0.2) is 34.1 Å². The first-order valence-electron chi connectivity index (χ1n) is 8.63. The Bertz CT molecular complexity index is 638. The average molecular weight is 327 g/mol. The summed E-state index contributed by atoms with van der Waals surface area (Å²) < 4.78 is 5.56. The highest BCUT2D eigenvalue weighted by Crippen LogP contribution is 2.19. The van der Waals surface area contributed by atoms with E-state index in [0.717, 1.165) is 30.3 Å². The third-order valence-electron chi connectivity index (χ3n) is 3.96. The summed E-state index contributed by atoms with van der Waals surface area (Å²) in [6.07, 6.45) is 7.39. The molecule has 3 heterocycles. The van der Waals surface area contributed by atoms with Gasteiger partial charge in [-0.3, -0.25) is 0 Å². The van der Waals surface area contributed by atoms with Crippen molar-refractivity contribution in [2.75, 3.05) is 23.3 Å². The summed E-state index contributed by atoms with van der Waals surface area (Å²) in [5.74, 6) is 2.50. The molecule has 0 bridgehead atoms. The number of pyridine rings is 1. The molecular weight excluding hydrogens is 302 g/mol. The van der Waals surface area contributed by atoms with Crippen LogP contribution in [0.25, 0.3) is 0 Å². The van der Waals surface area contributed by atoms with Crippen LogP contribution in [0.5, 0.6) is 5.88 Å². The molecule has 6 nitrogen and oxygen atoms in total. The minimum atomic E-state index is 0.135. The lowest BCUT2D eigenvalue weighted by Crippen LogP contribution is -2.30. The number of nitrogens with zero attached hydrogens (tertiary/aromatic N) is 4. The quantitative estimate of drug-likeness (QED) is 0.878. The van der Waals surface area contributed by atoms with Crippen LogP contribution in [0, 0.1) is 0 Å². The van der Waals surface area contributed by atoms with E-state index in [1.54, 1.807) is 6.33 Å². The Labute approximate surface area is 143 Å². The summed E-state index contributed by atoms with van der Waals surface area (Å²) in [7, 11) is 0. The van der Waals surface area contributed by atoms with Crippen molar-refractivity contribution in [3.63, 3.8) is 0 Å². The predicted octanol–water partition coefficient (Wildman–Crippen LogP) is 3.26. The number of nitrogens with one attached hydrogen (secondary N) is 1. The van der Waals surface area contributed by atoms with Gasteiger partial charge in [-0.2, -0.15) is 0 Å². The predicted molar refractivity (Wildman–Crippen MR) is 95.4 cm³/mol. The maximum Gasteiger partial charge on any atom is 0.213 e. The van der Waals surface area contributed by atoms with Crippen molar-refractivity contribution in [1.29, 1.82) is 0 Å². The Morgan fingerprint density at radius 2 is 1.96 bits per heavy atom. The summed E-state index contributed by atoms with van der Waals surface area (Å²) in [6.45, 7) is 6.82. The Kier molecular flexibility index (Phi) is 5.46. The number of aromatic nitrogens is 3. The van der Waals surface area contributed by atoms with Gasteiger partial charge in [-0.25, -0.2) is 15.0 Å². The van der Waals surface area contributed by atoms with Gasteiger partial charge in [-0.1, -0.05) is 6.07 Å². The van der Waals surface area contributed by atoms with E-state index in [1.165, 1.54) is 19.3 Å². The first-order chi connectivity index (χ1) is 11.7. The molecule has 0 saturated carbocycles. The number of piperidine rings is 1. The minimum Gasteiger partial charge on any atom is -0.475 e. The molecule has 1 aliphatic rings. The maximum absolute atomic E-state index is 5.56. The van der Waals surface area contributed by atoms with Gasteiger partial charge in [0, 0.05) is 38.0 Å². The fourth-order valence-corrected chi connectivity index (χ4v) is 2.76. The molecule has 3 rings (SSSR count). The van der Waals surface area contributed by atoms with Crippen molar-refractivity contribution < 1.29 is 4.74 Å². The highest BCUT2D eigenvalue weighted by atomic mass is 16.5. The molecule has 2 aromatic heterocycles. The van der Waals surface area contributed by atoms with E-state index in [0.29, 0.717) is 12.4 Å². The number of anilines is 2. The summed E-state index contributed by atoms with van der Waals surface area (Å²) in [5.41, 5.74) is 1.09. The van der Waals surface area contributed by atoms with Gasteiger partial charge in [0.25, 0.3) is 0 Å². The van der Waals surface area contributed by atoms with E-state index in [2.05, 4.69) is 25.2 Å². The zero-order valence-electron chi connectivity index (χ0n) is 14.4. The highest BCUT2D eigenvalue weighted by Gasteiger charge is 2.12. The lowest BCUT2D eigenvalue weighted by atomic mass is 10.1. The molecule has 0 aliphatic carbocycles. The van der Waals surface area contributed by atoms with Crippen LogP contribution in [0.3, 0.4) is 0 Å². The second-order valence-corrected chi connectivity index (χ2v) is 6.33.